The predicted octanol–water partition coefficient (Wildman–Crippen LogP) is 2.40. The molecule has 38 valence electrons. The van der Waals surface area contributed by atoms with Crippen molar-refractivity contribution in [3.63, 3.8) is 0 Å². The molecular formula is C4H9FS. The highest BCUT2D eigenvalue weighted by Gasteiger charge is 1.79. The third-order valence-electron chi connectivity index (χ3n) is 0.575. The molecule has 0 aliphatic heterocycles. The van der Waals surface area contributed by atoms with Crippen molar-refractivity contribution >= 4 is 12.1 Å². The average Bonchev–Trinajstić information content (AvgIpc) is 1.61. The Hall–Kier alpha value is 0.280. The lowest BCUT2D eigenvalue weighted by Gasteiger charge is -1.82. The Morgan fingerprint density at radius 2 is 2.33 bits per heavy atom. The van der Waals surface area contributed by atoms with Crippen LogP contribution in [-0.4, -0.2) is 5.75 Å². The Bertz CT molecular complexity index is 19.5. The predicted molar refractivity (Wildman–Crippen MR) is 28.5 cm³/mol. The first-order chi connectivity index (χ1) is 2.91. The van der Waals surface area contributed by atoms with Crippen LogP contribution < -0.4 is 0 Å². The lowest BCUT2D eigenvalue weighted by molar-refractivity contribution is 0.866. The maximum absolute atomic E-state index is 11.1. The summed E-state index contributed by atoms with van der Waals surface area (Å²) in [5.41, 5.74) is 0. The maximum atomic E-state index is 11.1. The van der Waals surface area contributed by atoms with Crippen molar-refractivity contribution in [1.82, 2.24) is 0 Å². The number of rotatable bonds is 3. The van der Waals surface area contributed by atoms with Crippen LogP contribution in [0.2, 0.25) is 0 Å². The van der Waals surface area contributed by atoms with E-state index in [9.17, 15) is 3.89 Å². The van der Waals surface area contributed by atoms with Crippen molar-refractivity contribution < 1.29 is 3.89 Å². The molecule has 0 fully saturated rings. The first-order valence-electron chi connectivity index (χ1n) is 2.15. The van der Waals surface area contributed by atoms with Crippen LogP contribution in [0.15, 0.2) is 0 Å². The van der Waals surface area contributed by atoms with E-state index in [1.54, 1.807) is 0 Å². The summed E-state index contributed by atoms with van der Waals surface area (Å²) >= 11 is 0.426. The second-order valence-corrected chi connectivity index (χ2v) is 1.79. The standard InChI is InChI=1S/C4H9FS/c1-2-3-4-6-5/h2-4H2,1H3. The van der Waals surface area contributed by atoms with E-state index < -0.39 is 0 Å². The number of hydrogen-bond acceptors (Lipinski definition) is 1. The molecule has 0 aromatic carbocycles. The minimum atomic E-state index is 0.426. The van der Waals surface area contributed by atoms with Gasteiger partial charge < -0.3 is 0 Å². The fourth-order valence-corrected chi connectivity index (χ4v) is 0.597. The highest BCUT2D eigenvalue weighted by molar-refractivity contribution is 7.94. The largest absolute Gasteiger partial charge is 0.165 e. The fourth-order valence-electron chi connectivity index (χ4n) is 0.199. The molecule has 0 amide bonds. The molecule has 0 aliphatic carbocycles. The zero-order valence-corrected chi connectivity index (χ0v) is 4.72. The van der Waals surface area contributed by atoms with Gasteiger partial charge in [0.2, 0.25) is 0 Å². The lowest BCUT2D eigenvalue weighted by Crippen LogP contribution is -1.69. The normalized spacial score (nSPS) is 9.00. The van der Waals surface area contributed by atoms with E-state index in [1.165, 1.54) is 0 Å². The highest BCUT2D eigenvalue weighted by Crippen LogP contribution is 2.02. The van der Waals surface area contributed by atoms with Gasteiger partial charge in [-0.15, -0.1) is 0 Å². The Morgan fingerprint density at radius 3 is 2.50 bits per heavy atom. The Balaban J connectivity index is 2.34. The molecule has 0 aromatic rings. The van der Waals surface area contributed by atoms with E-state index in [0.717, 1.165) is 12.8 Å². The Morgan fingerprint density at radius 1 is 1.67 bits per heavy atom. The van der Waals surface area contributed by atoms with Crippen LogP contribution in [0.4, 0.5) is 3.89 Å². The van der Waals surface area contributed by atoms with E-state index in [1.807, 2.05) is 0 Å². The zero-order chi connectivity index (χ0) is 4.83. The molecule has 0 nitrogen and oxygen atoms in total. The van der Waals surface area contributed by atoms with Gasteiger partial charge in [0.1, 0.15) is 0 Å². The van der Waals surface area contributed by atoms with Gasteiger partial charge in [-0.3, -0.25) is 0 Å². The molecule has 0 heterocycles. The van der Waals surface area contributed by atoms with Crippen LogP contribution in [0.5, 0.6) is 0 Å². The molecule has 0 aliphatic rings. The molecule has 0 rings (SSSR count). The SMILES string of the molecule is CCCCSF. The number of halogens is 1. The number of hydrogen-bond donors (Lipinski definition) is 0. The Labute approximate surface area is 42.4 Å². The van der Waals surface area contributed by atoms with E-state index in [2.05, 4.69) is 6.92 Å². The van der Waals surface area contributed by atoms with Gasteiger partial charge in [0.05, 0.1) is 0 Å². The number of unbranched alkanes of at least 4 members (excludes halogenated alkanes) is 1. The van der Waals surface area contributed by atoms with Gasteiger partial charge in [0, 0.05) is 17.9 Å². The van der Waals surface area contributed by atoms with Crippen molar-refractivity contribution in [1.29, 1.82) is 0 Å². The summed E-state index contributed by atoms with van der Waals surface area (Å²) < 4.78 is 11.1. The topological polar surface area (TPSA) is 0 Å². The van der Waals surface area contributed by atoms with Crippen LogP contribution >= 0.6 is 12.1 Å². The molecular weight excluding hydrogens is 99.1 g/mol. The third kappa shape index (κ3) is 4.28. The van der Waals surface area contributed by atoms with Gasteiger partial charge in [-0.25, -0.2) is 0 Å². The Kier molecular flexibility index (Phi) is 5.53. The van der Waals surface area contributed by atoms with E-state index >= 15 is 0 Å². The average molecular weight is 108 g/mol. The lowest BCUT2D eigenvalue weighted by atomic mass is 10.4. The highest BCUT2D eigenvalue weighted by atomic mass is 32.2. The fraction of sp³-hybridized carbons (Fsp3) is 1.00. The maximum Gasteiger partial charge on any atom is 0.0443 e. The molecule has 0 saturated heterocycles. The molecule has 0 bridgehead atoms. The molecule has 2 heteroatoms. The van der Waals surface area contributed by atoms with Crippen LogP contribution in [0.25, 0.3) is 0 Å². The van der Waals surface area contributed by atoms with Crippen LogP contribution in [0.3, 0.4) is 0 Å². The summed E-state index contributed by atoms with van der Waals surface area (Å²) in [7, 11) is 0. The smallest absolute Gasteiger partial charge is 0.0443 e. The summed E-state index contributed by atoms with van der Waals surface area (Å²) in [6.07, 6.45) is 2.10. The molecule has 0 saturated carbocycles. The monoisotopic (exact) mass is 108 g/mol. The van der Waals surface area contributed by atoms with Crippen LogP contribution in [0, 0.1) is 0 Å². The van der Waals surface area contributed by atoms with Crippen molar-refractivity contribution in [3.8, 4) is 0 Å². The van der Waals surface area contributed by atoms with Gasteiger partial charge >= 0.3 is 0 Å². The molecule has 0 aromatic heterocycles. The van der Waals surface area contributed by atoms with Gasteiger partial charge in [-0.05, 0) is 6.42 Å². The van der Waals surface area contributed by atoms with Crippen LogP contribution in [-0.2, 0) is 0 Å². The first kappa shape index (κ1) is 6.28. The van der Waals surface area contributed by atoms with Crippen molar-refractivity contribution in [2.45, 2.75) is 19.8 Å². The quantitative estimate of drug-likeness (QED) is 0.500. The summed E-state index contributed by atoms with van der Waals surface area (Å²) in [5.74, 6) is 0.663. The molecule has 0 atom stereocenters. The first-order valence-corrected chi connectivity index (χ1v) is 3.04. The second-order valence-electron chi connectivity index (χ2n) is 1.17. The van der Waals surface area contributed by atoms with E-state index in [0.29, 0.717) is 17.9 Å². The minimum Gasteiger partial charge on any atom is -0.165 e. The van der Waals surface area contributed by atoms with Crippen molar-refractivity contribution in [3.05, 3.63) is 0 Å². The third-order valence-corrected chi connectivity index (χ3v) is 1.02. The van der Waals surface area contributed by atoms with E-state index in [4.69, 9.17) is 0 Å². The summed E-state index contributed by atoms with van der Waals surface area (Å²) in [5, 5.41) is 0. The summed E-state index contributed by atoms with van der Waals surface area (Å²) in [4.78, 5) is 0. The van der Waals surface area contributed by atoms with Crippen LogP contribution in [0.1, 0.15) is 19.8 Å². The van der Waals surface area contributed by atoms with E-state index in [-0.39, 0.29) is 0 Å². The van der Waals surface area contributed by atoms with Gasteiger partial charge in [0.15, 0.2) is 0 Å². The molecule has 0 unspecified atom stereocenters. The second kappa shape index (κ2) is 5.28. The summed E-state index contributed by atoms with van der Waals surface area (Å²) in [6, 6.07) is 0. The summed E-state index contributed by atoms with van der Waals surface area (Å²) in [6.45, 7) is 2.05. The molecule has 6 heavy (non-hydrogen) atoms. The molecule has 0 N–H and O–H groups in total. The minimum absolute atomic E-state index is 0.426. The molecule has 0 spiro atoms. The van der Waals surface area contributed by atoms with Gasteiger partial charge in [-0.1, -0.05) is 13.3 Å². The van der Waals surface area contributed by atoms with Crippen molar-refractivity contribution in [2.24, 2.45) is 0 Å². The zero-order valence-electron chi connectivity index (χ0n) is 3.91. The van der Waals surface area contributed by atoms with Gasteiger partial charge in [0.25, 0.3) is 0 Å². The van der Waals surface area contributed by atoms with Crippen molar-refractivity contribution in [2.75, 3.05) is 5.75 Å². The molecule has 0 radical (unpaired) electrons. The van der Waals surface area contributed by atoms with Gasteiger partial charge in [-0.2, -0.15) is 3.89 Å².